The van der Waals surface area contributed by atoms with Gasteiger partial charge in [0.1, 0.15) is 5.75 Å². The van der Waals surface area contributed by atoms with Gasteiger partial charge in [0.25, 0.3) is 15.9 Å². The molecule has 0 spiro atoms. The first-order chi connectivity index (χ1) is 11.3. The smallest absolute Gasteiger partial charge is 0.265 e. The third-order valence-electron chi connectivity index (χ3n) is 3.71. The molecule has 1 aliphatic rings. The Bertz CT molecular complexity index is 904. The number of hydrogen-bond acceptors (Lipinski definition) is 5. The summed E-state index contributed by atoms with van der Waals surface area (Å²) >= 11 is 0. The molecule has 0 aliphatic carbocycles. The molecule has 128 valence electrons. The van der Waals surface area contributed by atoms with Crippen LogP contribution in [0.25, 0.3) is 0 Å². The van der Waals surface area contributed by atoms with Crippen molar-refractivity contribution >= 4 is 27.4 Å². The Morgan fingerprint density at radius 2 is 2.12 bits per heavy atom. The van der Waals surface area contributed by atoms with Crippen molar-refractivity contribution in [2.45, 2.75) is 38.3 Å². The Labute approximate surface area is 139 Å². The number of fused-ring (bicyclic) bond motifs is 1. The van der Waals surface area contributed by atoms with E-state index < -0.39 is 16.1 Å². The molecule has 0 saturated heterocycles. The van der Waals surface area contributed by atoms with Crippen LogP contribution < -0.4 is 14.8 Å². The first-order valence-corrected chi connectivity index (χ1v) is 8.97. The number of nitrogens with zero attached hydrogens (tertiary/aromatic N) is 2. The molecule has 0 radical (unpaired) electrons. The molecule has 1 atom stereocenters. The van der Waals surface area contributed by atoms with Crippen LogP contribution >= 0.6 is 0 Å². The lowest BCUT2D eigenvalue weighted by Gasteiger charge is -2.23. The Balaban J connectivity index is 1.90. The number of aryl methyl sites for hydroxylation is 2. The van der Waals surface area contributed by atoms with Gasteiger partial charge in [0.05, 0.1) is 10.6 Å². The van der Waals surface area contributed by atoms with Crippen molar-refractivity contribution in [3.05, 3.63) is 30.0 Å². The number of hydrogen-bond donors (Lipinski definition) is 2. The maximum absolute atomic E-state index is 12.5. The van der Waals surface area contributed by atoms with E-state index in [1.54, 1.807) is 17.7 Å². The molecule has 8 nitrogen and oxygen atoms in total. The fourth-order valence-electron chi connectivity index (χ4n) is 2.43. The molecule has 24 heavy (non-hydrogen) atoms. The third kappa shape index (κ3) is 2.94. The summed E-state index contributed by atoms with van der Waals surface area (Å²) in [7, 11) is -3.81. The number of ether oxygens (including phenoxy) is 1. The van der Waals surface area contributed by atoms with Crippen LogP contribution in [0.2, 0.25) is 0 Å². The Morgan fingerprint density at radius 1 is 1.38 bits per heavy atom. The molecule has 2 heterocycles. The van der Waals surface area contributed by atoms with Crippen molar-refractivity contribution in [1.29, 1.82) is 0 Å². The van der Waals surface area contributed by atoms with E-state index in [0.717, 1.165) is 5.69 Å². The fourth-order valence-corrected chi connectivity index (χ4v) is 3.43. The van der Waals surface area contributed by atoms with Gasteiger partial charge in [-0.3, -0.25) is 14.2 Å². The van der Waals surface area contributed by atoms with E-state index in [9.17, 15) is 13.2 Å². The van der Waals surface area contributed by atoms with Crippen LogP contribution in [0.5, 0.6) is 5.75 Å². The van der Waals surface area contributed by atoms with Crippen molar-refractivity contribution in [2.75, 3.05) is 10.0 Å². The predicted molar refractivity (Wildman–Crippen MR) is 88.6 cm³/mol. The number of amides is 1. The Hall–Kier alpha value is -2.55. The van der Waals surface area contributed by atoms with Crippen LogP contribution in [0.1, 0.15) is 19.5 Å². The van der Waals surface area contributed by atoms with Gasteiger partial charge >= 0.3 is 0 Å². The van der Waals surface area contributed by atoms with Gasteiger partial charge in [0.15, 0.2) is 11.9 Å². The third-order valence-corrected chi connectivity index (χ3v) is 5.07. The summed E-state index contributed by atoms with van der Waals surface area (Å²) in [5, 5.41) is 6.85. The Morgan fingerprint density at radius 3 is 2.79 bits per heavy atom. The van der Waals surface area contributed by atoms with Crippen molar-refractivity contribution in [2.24, 2.45) is 0 Å². The summed E-state index contributed by atoms with van der Waals surface area (Å²) in [6.45, 7) is 6.02. The number of carbonyl (C=O) groups is 1. The minimum atomic E-state index is -3.81. The van der Waals surface area contributed by atoms with E-state index >= 15 is 0 Å². The molecule has 1 aliphatic heterocycles. The lowest BCUT2D eigenvalue weighted by Crippen LogP contribution is -2.34. The SMILES string of the molecule is CCn1nc(NS(=O)(=O)c2ccc3c(c2)OC(C)C(=O)N3)cc1C. The van der Waals surface area contributed by atoms with Gasteiger partial charge in [-0.05, 0) is 32.9 Å². The lowest BCUT2D eigenvalue weighted by atomic mass is 10.2. The molecule has 0 saturated carbocycles. The average Bonchev–Trinajstić information content (AvgIpc) is 2.86. The molecule has 1 unspecified atom stereocenters. The zero-order chi connectivity index (χ0) is 17.5. The van der Waals surface area contributed by atoms with E-state index in [4.69, 9.17) is 4.74 Å². The lowest BCUT2D eigenvalue weighted by molar-refractivity contribution is -0.122. The second-order valence-corrected chi connectivity index (χ2v) is 7.18. The zero-order valence-electron chi connectivity index (χ0n) is 13.5. The summed E-state index contributed by atoms with van der Waals surface area (Å²) in [5.41, 5.74) is 1.31. The highest BCUT2D eigenvalue weighted by Gasteiger charge is 2.26. The molecule has 1 amide bonds. The second kappa shape index (κ2) is 5.82. The van der Waals surface area contributed by atoms with Gasteiger partial charge in [-0.25, -0.2) is 8.42 Å². The fraction of sp³-hybridized carbons (Fsp3) is 0.333. The number of nitrogens with one attached hydrogen (secondary N) is 2. The molecule has 9 heteroatoms. The van der Waals surface area contributed by atoms with E-state index in [0.29, 0.717) is 18.0 Å². The number of aromatic nitrogens is 2. The van der Waals surface area contributed by atoms with Gasteiger partial charge in [-0.1, -0.05) is 0 Å². The van der Waals surface area contributed by atoms with Crippen molar-refractivity contribution in [1.82, 2.24) is 9.78 Å². The van der Waals surface area contributed by atoms with Gasteiger partial charge in [0.2, 0.25) is 0 Å². The molecule has 1 aromatic heterocycles. The van der Waals surface area contributed by atoms with Gasteiger partial charge in [-0.15, -0.1) is 0 Å². The summed E-state index contributed by atoms with van der Waals surface area (Å²) in [5.74, 6) is 0.312. The summed E-state index contributed by atoms with van der Waals surface area (Å²) in [4.78, 5) is 11.6. The maximum Gasteiger partial charge on any atom is 0.265 e. The van der Waals surface area contributed by atoms with Crippen molar-refractivity contribution in [3.8, 4) is 5.75 Å². The molecule has 2 N–H and O–H groups in total. The summed E-state index contributed by atoms with van der Waals surface area (Å²) in [6.07, 6.45) is -0.675. The van der Waals surface area contributed by atoms with Crippen LogP contribution in [-0.4, -0.2) is 30.2 Å². The number of rotatable bonds is 4. The van der Waals surface area contributed by atoms with Crippen LogP contribution in [0.3, 0.4) is 0 Å². The topological polar surface area (TPSA) is 102 Å². The normalized spacial score (nSPS) is 17.0. The number of benzene rings is 1. The van der Waals surface area contributed by atoms with Gasteiger partial charge in [0, 0.05) is 24.4 Å². The molecular formula is C15H18N4O4S. The number of sulfonamides is 1. The first-order valence-electron chi connectivity index (χ1n) is 7.49. The van der Waals surface area contributed by atoms with Crippen LogP contribution in [0.4, 0.5) is 11.5 Å². The highest BCUT2D eigenvalue weighted by molar-refractivity contribution is 7.92. The zero-order valence-corrected chi connectivity index (χ0v) is 14.3. The predicted octanol–water partition coefficient (Wildman–Crippen LogP) is 1.73. The standard InChI is InChI=1S/C15H18N4O4S/c1-4-19-9(2)7-14(17-19)18-24(21,22)11-5-6-12-13(8-11)23-10(3)15(20)16-12/h5-8,10H,4H2,1-3H3,(H,16,20)(H,17,18). The Kier molecular flexibility index (Phi) is 3.96. The molecule has 2 aromatic rings. The van der Waals surface area contributed by atoms with Crippen LogP contribution in [-0.2, 0) is 21.4 Å². The van der Waals surface area contributed by atoms with E-state index in [1.165, 1.54) is 18.2 Å². The van der Waals surface area contributed by atoms with E-state index in [-0.39, 0.29) is 16.6 Å². The number of anilines is 2. The van der Waals surface area contributed by atoms with E-state index in [1.807, 2.05) is 13.8 Å². The molecule has 1 aromatic carbocycles. The average molecular weight is 350 g/mol. The van der Waals surface area contributed by atoms with Crippen molar-refractivity contribution < 1.29 is 17.9 Å². The van der Waals surface area contributed by atoms with Gasteiger partial charge < -0.3 is 10.1 Å². The highest BCUT2D eigenvalue weighted by Crippen LogP contribution is 2.32. The van der Waals surface area contributed by atoms with Gasteiger partial charge in [-0.2, -0.15) is 5.10 Å². The minimum absolute atomic E-state index is 0.0355. The molecular weight excluding hydrogens is 332 g/mol. The van der Waals surface area contributed by atoms with Crippen LogP contribution in [0, 0.1) is 6.92 Å². The largest absolute Gasteiger partial charge is 0.479 e. The second-order valence-electron chi connectivity index (χ2n) is 5.50. The molecule has 3 rings (SSSR count). The quantitative estimate of drug-likeness (QED) is 0.874. The number of carbonyl (C=O) groups excluding carboxylic acids is 1. The minimum Gasteiger partial charge on any atom is -0.479 e. The maximum atomic E-state index is 12.5. The van der Waals surface area contributed by atoms with Crippen molar-refractivity contribution in [3.63, 3.8) is 0 Å². The molecule has 0 bridgehead atoms. The highest BCUT2D eigenvalue weighted by atomic mass is 32.2. The monoisotopic (exact) mass is 350 g/mol. The first kappa shape index (κ1) is 16.3. The summed E-state index contributed by atoms with van der Waals surface area (Å²) in [6, 6.07) is 5.96. The van der Waals surface area contributed by atoms with E-state index in [2.05, 4.69) is 15.1 Å². The molecule has 0 fully saturated rings. The summed E-state index contributed by atoms with van der Waals surface area (Å²) < 4.78 is 34.7. The van der Waals surface area contributed by atoms with Crippen LogP contribution in [0.15, 0.2) is 29.2 Å².